The second-order valence-electron chi connectivity index (χ2n) is 10.6. The summed E-state index contributed by atoms with van der Waals surface area (Å²) in [6, 6.07) is 0. The molecule has 0 unspecified atom stereocenters. The van der Waals surface area contributed by atoms with Crippen LogP contribution in [0.3, 0.4) is 0 Å². The first-order valence-corrected chi connectivity index (χ1v) is 12.1. The van der Waals surface area contributed by atoms with E-state index in [-0.39, 0.29) is 24.8 Å². The van der Waals surface area contributed by atoms with Gasteiger partial charge in [-0.25, -0.2) is 8.78 Å². The predicted octanol–water partition coefficient (Wildman–Crippen LogP) is 4.05. The van der Waals surface area contributed by atoms with Crippen LogP contribution in [0, 0.1) is 28.6 Å². The Kier molecular flexibility index (Phi) is 5.73. The van der Waals surface area contributed by atoms with Gasteiger partial charge in [0.1, 0.15) is 6.17 Å². The van der Waals surface area contributed by atoms with Crippen molar-refractivity contribution in [2.24, 2.45) is 28.6 Å². The van der Waals surface area contributed by atoms with Crippen LogP contribution in [-0.4, -0.2) is 52.1 Å². The van der Waals surface area contributed by atoms with E-state index < -0.39 is 75.5 Å². The van der Waals surface area contributed by atoms with Crippen LogP contribution >= 0.6 is 11.6 Å². The Labute approximate surface area is 197 Å². The summed E-state index contributed by atoms with van der Waals surface area (Å²) >= 11 is 5.97. The minimum absolute atomic E-state index is 0.0431. The monoisotopic (exact) mass is 484 g/mol. The van der Waals surface area contributed by atoms with E-state index in [1.54, 1.807) is 20.8 Å². The van der Waals surface area contributed by atoms with Gasteiger partial charge in [0.15, 0.2) is 22.8 Å². The van der Waals surface area contributed by atoms with Gasteiger partial charge in [0.25, 0.3) is 0 Å². The van der Waals surface area contributed by atoms with E-state index in [0.717, 1.165) is 6.08 Å². The zero-order valence-corrected chi connectivity index (χ0v) is 20.1. The van der Waals surface area contributed by atoms with E-state index in [9.17, 15) is 19.5 Å². The lowest BCUT2D eigenvalue weighted by Gasteiger charge is -2.63. The number of hydrogen-bond donors (Lipinski definition) is 1. The highest BCUT2D eigenvalue weighted by Crippen LogP contribution is 2.71. The molecule has 182 valence electrons. The molecule has 3 saturated carbocycles. The molecule has 0 radical (unpaired) electrons. The molecule has 33 heavy (non-hydrogen) atoms. The van der Waals surface area contributed by atoms with Gasteiger partial charge in [0.2, 0.25) is 0 Å². The maximum atomic E-state index is 17.2. The molecule has 4 aliphatic carbocycles. The van der Waals surface area contributed by atoms with E-state index in [1.165, 1.54) is 19.1 Å². The Hall–Kier alpha value is -1.60. The first kappa shape index (κ1) is 24.5. The van der Waals surface area contributed by atoms with Crippen LogP contribution in [0.2, 0.25) is 0 Å². The van der Waals surface area contributed by atoms with Crippen molar-refractivity contribution in [1.82, 2.24) is 0 Å². The molecular weight excluding hydrogens is 454 g/mol. The minimum Gasteiger partial charge on any atom is -0.450 e. The van der Waals surface area contributed by atoms with Crippen LogP contribution < -0.4 is 0 Å². The second kappa shape index (κ2) is 7.70. The molecule has 0 aromatic rings. The zero-order valence-electron chi connectivity index (χ0n) is 19.4. The Morgan fingerprint density at radius 3 is 2.55 bits per heavy atom. The fourth-order valence-corrected chi connectivity index (χ4v) is 7.94. The Bertz CT molecular complexity index is 964. The van der Waals surface area contributed by atoms with Gasteiger partial charge >= 0.3 is 5.97 Å². The van der Waals surface area contributed by atoms with Gasteiger partial charge in [-0.1, -0.05) is 26.8 Å². The van der Waals surface area contributed by atoms with Gasteiger partial charge in [0.05, 0.1) is 12.0 Å². The number of Topliss-reactive ketones (excluding diaryl/α,β-unsaturated/α-hetero) is 1. The van der Waals surface area contributed by atoms with E-state index in [2.05, 4.69) is 0 Å². The lowest BCUT2D eigenvalue weighted by atomic mass is 9.44. The average molecular weight is 485 g/mol. The Morgan fingerprint density at radius 2 is 1.94 bits per heavy atom. The van der Waals surface area contributed by atoms with Crippen molar-refractivity contribution < 1.29 is 33.0 Å². The number of halogens is 3. The standard InChI is InChI=1S/C25H31ClF2O5/c1-5-21(32)33-25(20(31)12-26)13(2)8-15-16-10-18(27)17-9-14(29)6-7-22(17,3)24(16,28)19(30)11-23(15,25)4/h6-7,9,13,15-16,18-19,30H,5,8,10-12H2,1-4H3/t13-,15-,16-,18-,19+,22-,23-,24+,25+/m0/s1. The summed E-state index contributed by atoms with van der Waals surface area (Å²) in [4.78, 5) is 37.7. The first-order valence-electron chi connectivity index (χ1n) is 11.6. The summed E-state index contributed by atoms with van der Waals surface area (Å²) in [6.45, 7) is 6.64. The molecule has 8 heteroatoms. The number of esters is 1. The van der Waals surface area contributed by atoms with Gasteiger partial charge in [-0.3, -0.25) is 14.4 Å². The van der Waals surface area contributed by atoms with Crippen molar-refractivity contribution in [2.45, 2.75) is 76.9 Å². The number of allylic oxidation sites excluding steroid dienone is 4. The second-order valence-corrected chi connectivity index (χ2v) is 10.9. The summed E-state index contributed by atoms with van der Waals surface area (Å²) in [7, 11) is 0. The first-order chi connectivity index (χ1) is 15.3. The number of ether oxygens (including phenoxy) is 1. The van der Waals surface area contributed by atoms with Crippen molar-refractivity contribution in [3.05, 3.63) is 23.8 Å². The number of carbonyl (C=O) groups excluding carboxylic acids is 3. The number of carbonyl (C=O) groups is 3. The van der Waals surface area contributed by atoms with Gasteiger partial charge in [-0.15, -0.1) is 11.6 Å². The molecule has 0 amide bonds. The highest BCUT2D eigenvalue weighted by molar-refractivity contribution is 6.29. The molecule has 0 aliphatic heterocycles. The van der Waals surface area contributed by atoms with Gasteiger partial charge < -0.3 is 9.84 Å². The summed E-state index contributed by atoms with van der Waals surface area (Å²) in [6.07, 6.45) is 0.584. The highest BCUT2D eigenvalue weighted by atomic mass is 35.5. The third-order valence-corrected chi connectivity index (χ3v) is 9.51. The van der Waals surface area contributed by atoms with Crippen LogP contribution in [0.5, 0.6) is 0 Å². The fraction of sp³-hybridized carbons (Fsp3) is 0.720. The number of rotatable bonds is 4. The number of fused-ring (bicyclic) bond motifs is 5. The molecule has 3 fully saturated rings. The predicted molar refractivity (Wildman–Crippen MR) is 118 cm³/mol. The smallest absolute Gasteiger partial charge is 0.306 e. The van der Waals surface area contributed by atoms with E-state index in [4.69, 9.17) is 16.3 Å². The summed E-state index contributed by atoms with van der Waals surface area (Å²) in [5.74, 6) is -3.84. The Morgan fingerprint density at radius 1 is 1.27 bits per heavy atom. The van der Waals surface area contributed by atoms with Gasteiger partial charge in [-0.2, -0.15) is 0 Å². The number of hydrogen-bond acceptors (Lipinski definition) is 5. The van der Waals surface area contributed by atoms with Crippen molar-refractivity contribution in [2.75, 3.05) is 5.88 Å². The molecule has 0 bridgehead atoms. The molecule has 4 aliphatic rings. The van der Waals surface area contributed by atoms with Crippen LogP contribution in [0.1, 0.15) is 53.4 Å². The number of aliphatic hydroxyl groups is 1. The van der Waals surface area contributed by atoms with Crippen LogP contribution in [0.15, 0.2) is 23.8 Å². The topological polar surface area (TPSA) is 80.7 Å². The normalized spacial score (nSPS) is 48.4. The molecule has 0 spiro atoms. The largest absolute Gasteiger partial charge is 0.450 e. The average Bonchev–Trinajstić information content (AvgIpc) is 2.98. The van der Waals surface area contributed by atoms with E-state index >= 15 is 8.78 Å². The summed E-state index contributed by atoms with van der Waals surface area (Å²) in [5, 5.41) is 11.4. The number of ketones is 2. The van der Waals surface area contributed by atoms with Crippen LogP contribution in [0.25, 0.3) is 0 Å². The summed E-state index contributed by atoms with van der Waals surface area (Å²) < 4.78 is 38.5. The fourth-order valence-electron chi connectivity index (χ4n) is 7.74. The van der Waals surface area contributed by atoms with Crippen molar-refractivity contribution in [3.63, 3.8) is 0 Å². The quantitative estimate of drug-likeness (QED) is 0.481. The minimum atomic E-state index is -2.25. The zero-order chi connectivity index (χ0) is 24.6. The molecular formula is C25H31ClF2O5. The molecule has 1 N–H and O–H groups in total. The molecule has 0 aromatic heterocycles. The third kappa shape index (κ3) is 2.87. The van der Waals surface area contributed by atoms with Crippen molar-refractivity contribution in [1.29, 1.82) is 0 Å². The Balaban J connectivity index is 1.88. The SMILES string of the molecule is CCC(=O)O[C@@]1(C(=O)CCl)[C@@H](C)C[C@H]2[C@@H]3C[C@H](F)C4=CC(=O)C=C[C@]4(C)[C@]3(F)[C@H](O)C[C@@]21C. The van der Waals surface area contributed by atoms with Gasteiger partial charge in [-0.05, 0) is 49.8 Å². The molecule has 0 saturated heterocycles. The maximum Gasteiger partial charge on any atom is 0.306 e. The number of aliphatic hydroxyl groups excluding tert-OH is 1. The third-order valence-electron chi connectivity index (χ3n) is 9.27. The molecule has 4 rings (SSSR count). The highest BCUT2D eigenvalue weighted by Gasteiger charge is 2.77. The van der Waals surface area contributed by atoms with Crippen LogP contribution in [-0.2, 0) is 19.1 Å². The lowest BCUT2D eigenvalue weighted by molar-refractivity contribution is -0.230. The molecule has 9 atom stereocenters. The molecule has 5 nitrogen and oxygen atoms in total. The van der Waals surface area contributed by atoms with Gasteiger partial charge in [0, 0.05) is 29.1 Å². The summed E-state index contributed by atoms with van der Waals surface area (Å²) in [5.41, 5.74) is -6.47. The molecule has 0 heterocycles. The lowest BCUT2D eigenvalue weighted by Crippen LogP contribution is -2.71. The van der Waals surface area contributed by atoms with Crippen LogP contribution in [0.4, 0.5) is 8.78 Å². The van der Waals surface area contributed by atoms with Crippen molar-refractivity contribution >= 4 is 29.1 Å². The van der Waals surface area contributed by atoms with E-state index in [1.807, 2.05) is 0 Å². The number of alkyl halides is 3. The molecule has 0 aromatic carbocycles. The maximum absolute atomic E-state index is 17.2. The van der Waals surface area contributed by atoms with E-state index in [0.29, 0.717) is 6.42 Å². The van der Waals surface area contributed by atoms with Crippen molar-refractivity contribution in [3.8, 4) is 0 Å².